The lowest BCUT2D eigenvalue weighted by molar-refractivity contribution is -0.136. The summed E-state index contributed by atoms with van der Waals surface area (Å²) in [6.07, 6.45) is 3.73. The van der Waals surface area contributed by atoms with Gasteiger partial charge < -0.3 is 24.9 Å². The third-order valence-electron chi connectivity index (χ3n) is 8.50. The lowest BCUT2D eigenvalue weighted by Crippen LogP contribution is -2.56. The minimum atomic E-state index is -0.990. The van der Waals surface area contributed by atoms with Crippen molar-refractivity contribution in [2.24, 2.45) is 5.92 Å². The van der Waals surface area contributed by atoms with Crippen LogP contribution in [-0.4, -0.2) is 65.8 Å². The monoisotopic (exact) mass is 626 g/mol. The first-order valence-corrected chi connectivity index (χ1v) is 15.9. The Morgan fingerprint density at radius 2 is 1.71 bits per heavy atom. The topological polar surface area (TPSA) is 94.9 Å². The number of carbonyl (C=O) groups is 3. The lowest BCUT2D eigenvalue weighted by Gasteiger charge is -2.35. The van der Waals surface area contributed by atoms with Crippen molar-refractivity contribution >= 4 is 40.8 Å². The molecule has 3 amide bonds. The summed E-state index contributed by atoms with van der Waals surface area (Å²) in [6, 6.07) is 18.1. The Hall–Kier alpha value is -4.54. The molecular weight excluding hydrogens is 591 g/mol. The molecule has 0 spiro atoms. The Balaban J connectivity index is 1.53. The van der Waals surface area contributed by atoms with Crippen LogP contribution < -0.4 is 10.6 Å². The van der Waals surface area contributed by atoms with E-state index in [1.165, 1.54) is 40.5 Å². The quantitative estimate of drug-likeness (QED) is 0.242. The Morgan fingerprint density at radius 1 is 0.978 bits per heavy atom. The molecule has 0 radical (unpaired) electrons. The number of carbonyl (C=O) groups excluding carboxylic acids is 3. The van der Waals surface area contributed by atoms with E-state index in [-0.39, 0.29) is 17.5 Å². The summed E-state index contributed by atoms with van der Waals surface area (Å²) >= 11 is 1.48. The second-order valence-corrected chi connectivity index (χ2v) is 12.4. The number of benzene rings is 2. The molecule has 2 saturated heterocycles. The first-order valence-electron chi connectivity index (χ1n) is 15.0. The van der Waals surface area contributed by atoms with E-state index in [0.29, 0.717) is 37.6 Å². The zero-order chi connectivity index (χ0) is 31.5. The third kappa shape index (κ3) is 6.34. The predicted octanol–water partition coefficient (Wildman–Crippen LogP) is 6.11. The second-order valence-electron chi connectivity index (χ2n) is 11.4. The third-order valence-corrected chi connectivity index (χ3v) is 9.62. The van der Waals surface area contributed by atoms with Gasteiger partial charge in [0.15, 0.2) is 5.76 Å². The fourth-order valence-electron chi connectivity index (χ4n) is 6.34. The molecule has 4 heterocycles. The number of hydrogen-bond donors (Lipinski definition) is 2. The number of Topliss-reactive ketones (excluding diaryl/α,β-unsaturated/α-hetero) is 1. The van der Waals surface area contributed by atoms with Crippen LogP contribution in [0.3, 0.4) is 0 Å². The molecule has 2 aromatic carbocycles. The van der Waals surface area contributed by atoms with Crippen LogP contribution in [0.25, 0.3) is 6.08 Å². The van der Waals surface area contributed by atoms with Crippen molar-refractivity contribution in [3.63, 3.8) is 0 Å². The summed E-state index contributed by atoms with van der Waals surface area (Å²) in [6.45, 7) is 5.98. The van der Waals surface area contributed by atoms with Crippen LogP contribution in [0.2, 0.25) is 0 Å². The highest BCUT2D eigenvalue weighted by atomic mass is 32.1. The van der Waals surface area contributed by atoms with Gasteiger partial charge in [0.2, 0.25) is 11.7 Å². The van der Waals surface area contributed by atoms with E-state index < -0.39 is 35.8 Å². The average molecular weight is 627 g/mol. The number of furan rings is 1. The number of nitrogens with zero attached hydrogens (tertiary/aromatic N) is 2. The summed E-state index contributed by atoms with van der Waals surface area (Å²) in [4.78, 5) is 47.8. The number of rotatable bonds is 7. The number of halogens is 1. The van der Waals surface area contributed by atoms with Gasteiger partial charge in [0.05, 0.1) is 12.0 Å². The molecule has 4 atom stereocenters. The Morgan fingerprint density at radius 3 is 2.36 bits per heavy atom. The normalized spacial score (nSPS) is 21.8. The Bertz CT molecular complexity index is 1690. The van der Waals surface area contributed by atoms with Gasteiger partial charge in [-0.1, -0.05) is 42.5 Å². The molecule has 8 nitrogen and oxygen atoms in total. The van der Waals surface area contributed by atoms with Crippen LogP contribution in [0.1, 0.15) is 38.2 Å². The lowest BCUT2D eigenvalue weighted by atomic mass is 9.80. The van der Waals surface area contributed by atoms with Crippen LogP contribution in [0, 0.1) is 25.6 Å². The molecule has 2 aromatic heterocycles. The van der Waals surface area contributed by atoms with Crippen molar-refractivity contribution in [1.82, 2.24) is 15.1 Å². The van der Waals surface area contributed by atoms with E-state index in [9.17, 15) is 18.8 Å². The van der Waals surface area contributed by atoms with E-state index in [4.69, 9.17) is 4.42 Å². The summed E-state index contributed by atoms with van der Waals surface area (Å²) in [5.41, 5.74) is 2.21. The van der Waals surface area contributed by atoms with Gasteiger partial charge in [0.1, 0.15) is 17.6 Å². The number of amides is 3. The highest BCUT2D eigenvalue weighted by Gasteiger charge is 2.58. The van der Waals surface area contributed by atoms with Gasteiger partial charge >= 0.3 is 6.03 Å². The number of piperazine rings is 1. The van der Waals surface area contributed by atoms with E-state index in [1.807, 2.05) is 60.9 Å². The van der Waals surface area contributed by atoms with Crippen LogP contribution in [-0.2, 0) is 4.79 Å². The van der Waals surface area contributed by atoms with Crippen molar-refractivity contribution in [3.05, 3.63) is 118 Å². The number of likely N-dealkylation sites (tertiary alicyclic amines) is 1. The van der Waals surface area contributed by atoms with Gasteiger partial charge in [0, 0.05) is 42.7 Å². The number of aryl methyl sites for hydroxylation is 2. The molecule has 2 aliphatic rings. The number of anilines is 1. The summed E-state index contributed by atoms with van der Waals surface area (Å²) in [5.74, 6) is -1.62. The number of urea groups is 1. The van der Waals surface area contributed by atoms with E-state index in [1.54, 1.807) is 24.0 Å². The zero-order valence-electron chi connectivity index (χ0n) is 25.1. The van der Waals surface area contributed by atoms with Crippen LogP contribution in [0.5, 0.6) is 0 Å². The number of ketones is 1. The smallest absolute Gasteiger partial charge is 0.323 e. The van der Waals surface area contributed by atoms with Crippen molar-refractivity contribution in [1.29, 1.82) is 0 Å². The van der Waals surface area contributed by atoms with Crippen molar-refractivity contribution in [2.75, 3.05) is 31.5 Å². The number of nitrogens with one attached hydrogen (secondary N) is 2. The van der Waals surface area contributed by atoms with Crippen LogP contribution in [0.4, 0.5) is 14.9 Å². The zero-order valence-corrected chi connectivity index (χ0v) is 25.9. The fraction of sp³-hybridized carbons (Fsp3) is 0.286. The molecule has 6 rings (SSSR count). The maximum absolute atomic E-state index is 14.6. The molecule has 4 unspecified atom stereocenters. The maximum atomic E-state index is 14.6. The van der Waals surface area contributed by atoms with E-state index >= 15 is 0 Å². The molecule has 2 N–H and O–H groups in total. The van der Waals surface area contributed by atoms with E-state index in [0.717, 1.165) is 16.0 Å². The van der Waals surface area contributed by atoms with Crippen molar-refractivity contribution in [3.8, 4) is 0 Å². The van der Waals surface area contributed by atoms with Gasteiger partial charge in [-0.25, -0.2) is 9.18 Å². The first kappa shape index (κ1) is 30.5. The second kappa shape index (κ2) is 13.2. The van der Waals surface area contributed by atoms with Gasteiger partial charge in [-0.3, -0.25) is 9.59 Å². The summed E-state index contributed by atoms with van der Waals surface area (Å²) in [7, 11) is 0. The van der Waals surface area contributed by atoms with E-state index in [2.05, 4.69) is 10.6 Å². The molecule has 2 aliphatic heterocycles. The Kier molecular flexibility index (Phi) is 8.95. The Labute approximate surface area is 265 Å². The predicted molar refractivity (Wildman–Crippen MR) is 173 cm³/mol. The number of thiophene rings is 1. The van der Waals surface area contributed by atoms with Gasteiger partial charge in [-0.05, 0) is 72.8 Å². The van der Waals surface area contributed by atoms with Crippen LogP contribution >= 0.6 is 11.3 Å². The average Bonchev–Trinajstić information content (AvgIpc) is 3.77. The highest BCUT2D eigenvalue weighted by molar-refractivity contribution is 7.10. The number of hydrogen-bond acceptors (Lipinski definition) is 6. The standard InChI is InChI=1S/C35H35FN4O4S/c1-22-16-21-45-33(22)30-29(32(41)28-15-8-23(2)44-28)27(14-9-24-6-4-3-5-7-24)40(31(30)34(42)39-19-17-37-18-20-39)35(43)38-26-12-10-25(36)11-13-26/h3-16,21,27,29-31,37H,17-20H2,1-2H3,(H,38,43). The molecule has 45 heavy (non-hydrogen) atoms. The first-order chi connectivity index (χ1) is 21.8. The maximum Gasteiger partial charge on any atom is 0.323 e. The minimum Gasteiger partial charge on any atom is -0.458 e. The van der Waals surface area contributed by atoms with Gasteiger partial charge in [0.25, 0.3) is 0 Å². The molecule has 232 valence electrons. The minimum absolute atomic E-state index is 0.184. The summed E-state index contributed by atoms with van der Waals surface area (Å²) < 4.78 is 19.6. The largest absolute Gasteiger partial charge is 0.458 e. The van der Waals surface area contributed by atoms with Gasteiger partial charge in [-0.2, -0.15) is 0 Å². The SMILES string of the molecule is Cc1ccc(C(=O)C2C(c3sccc3C)C(C(=O)N3CCNCC3)N(C(=O)Nc3ccc(F)cc3)C2C=Cc2ccccc2)o1. The van der Waals surface area contributed by atoms with Crippen molar-refractivity contribution in [2.45, 2.75) is 31.8 Å². The van der Waals surface area contributed by atoms with Gasteiger partial charge in [-0.15, -0.1) is 11.3 Å². The molecule has 10 heteroatoms. The fourth-order valence-corrected chi connectivity index (χ4v) is 7.44. The van der Waals surface area contributed by atoms with Crippen molar-refractivity contribution < 1.29 is 23.2 Å². The molecule has 0 saturated carbocycles. The highest BCUT2D eigenvalue weighted by Crippen LogP contribution is 2.48. The molecule has 0 aliphatic carbocycles. The molecular formula is C35H35FN4O4S. The molecule has 4 aromatic rings. The molecule has 2 fully saturated rings. The summed E-state index contributed by atoms with van der Waals surface area (Å²) in [5, 5.41) is 8.12. The molecule has 0 bridgehead atoms. The van der Waals surface area contributed by atoms with Crippen LogP contribution in [0.15, 0.2) is 88.7 Å².